The number of alkyl halides is 3. The van der Waals surface area contributed by atoms with Gasteiger partial charge >= 0.3 is 6.18 Å². The third-order valence-electron chi connectivity index (χ3n) is 11.2. The maximum atomic E-state index is 13.7. The molecule has 0 spiro atoms. The number of hydrogen-bond acceptors (Lipinski definition) is 11. The number of carbonyl (C=O) groups is 4. The van der Waals surface area contributed by atoms with Gasteiger partial charge in [0.1, 0.15) is 23.4 Å². The number of amides is 4. The molecule has 0 aliphatic carbocycles. The molecule has 18 heteroatoms. The number of carbonyl (C=O) groups excluding carboxylic acids is 4. The van der Waals surface area contributed by atoms with E-state index >= 15 is 0 Å². The Kier molecular flexibility index (Phi) is 12.8. The number of pyridine rings is 1. The molecule has 6 rings (SSSR count). The van der Waals surface area contributed by atoms with Crippen LogP contribution in [0.3, 0.4) is 0 Å². The number of likely N-dealkylation sites (tertiary alicyclic amines) is 1. The number of piperidine rings is 2. The number of aryl methyl sites for hydroxylation is 1. The first-order valence-electron chi connectivity index (χ1n) is 19.6. The van der Waals surface area contributed by atoms with Crippen LogP contribution in [0.4, 0.5) is 35.9 Å². The number of ether oxygens (including phenoxy) is 1. The van der Waals surface area contributed by atoms with Crippen LogP contribution in [0.5, 0.6) is 5.75 Å². The van der Waals surface area contributed by atoms with Crippen molar-refractivity contribution in [2.24, 2.45) is 5.92 Å². The van der Waals surface area contributed by atoms with E-state index in [4.69, 9.17) is 17.0 Å². The fourth-order valence-corrected chi connectivity index (χ4v) is 8.24. The van der Waals surface area contributed by atoms with Gasteiger partial charge in [-0.25, -0.2) is 4.98 Å². The molecular formula is C42H44F3N9O5S. The smallest absolute Gasteiger partial charge is 0.419 e. The molecular weight excluding hydrogens is 800 g/mol. The average molecular weight is 844 g/mol. The lowest BCUT2D eigenvalue weighted by molar-refractivity contribution is -0.138. The monoisotopic (exact) mass is 843 g/mol. The van der Waals surface area contributed by atoms with Crippen molar-refractivity contribution in [2.75, 3.05) is 40.1 Å². The lowest BCUT2D eigenvalue weighted by atomic mass is 9.93. The van der Waals surface area contributed by atoms with E-state index in [0.717, 1.165) is 35.9 Å². The van der Waals surface area contributed by atoms with Crippen LogP contribution in [0.15, 0.2) is 48.7 Å². The maximum Gasteiger partial charge on any atom is 0.419 e. The van der Waals surface area contributed by atoms with Crippen LogP contribution >= 0.6 is 12.2 Å². The van der Waals surface area contributed by atoms with Gasteiger partial charge < -0.3 is 20.3 Å². The highest BCUT2D eigenvalue weighted by Gasteiger charge is 2.51. The first-order chi connectivity index (χ1) is 28.4. The number of benzene rings is 2. The van der Waals surface area contributed by atoms with Gasteiger partial charge in [-0.1, -0.05) is 6.92 Å². The molecule has 2 atom stereocenters. The normalized spacial score (nSPS) is 19.1. The second kappa shape index (κ2) is 17.6. The van der Waals surface area contributed by atoms with E-state index < -0.39 is 46.9 Å². The minimum Gasteiger partial charge on any atom is -0.493 e. The number of nitrogens with one attached hydrogen (secondary N) is 3. The molecule has 3 fully saturated rings. The Bertz CT molecular complexity index is 2300. The van der Waals surface area contributed by atoms with Crippen molar-refractivity contribution in [3.8, 4) is 17.9 Å². The number of imide groups is 1. The number of hydrogen-bond donors (Lipinski definition) is 3. The van der Waals surface area contributed by atoms with E-state index in [1.807, 2.05) is 19.9 Å². The van der Waals surface area contributed by atoms with Crippen molar-refractivity contribution in [1.82, 2.24) is 15.2 Å². The molecule has 60 heavy (non-hydrogen) atoms. The van der Waals surface area contributed by atoms with Crippen LogP contribution in [0.2, 0.25) is 0 Å². The van der Waals surface area contributed by atoms with Gasteiger partial charge in [0, 0.05) is 23.5 Å². The molecule has 3 aliphatic heterocycles. The SMILES string of the molecule is CCc1cc(N2C(=S)N(c3cnc(C#N)c(C(F)(F)F)c3)C(=O)C2(C)C)ccc1OCCC1CCN(C(C)C(=O)Nc2cc(C#N)cc(NC3CCC(=O)NC3=O)c2)CC1. The summed E-state index contributed by atoms with van der Waals surface area (Å²) in [5.41, 5.74) is -0.895. The largest absolute Gasteiger partial charge is 0.493 e. The molecule has 2 aromatic carbocycles. The number of aromatic nitrogens is 1. The summed E-state index contributed by atoms with van der Waals surface area (Å²) in [5, 5.41) is 27.0. The van der Waals surface area contributed by atoms with Gasteiger partial charge in [-0.05, 0) is 132 Å². The molecule has 2 unspecified atom stereocenters. The third-order valence-corrected chi connectivity index (χ3v) is 11.5. The van der Waals surface area contributed by atoms with Crippen molar-refractivity contribution < 1.29 is 37.1 Å². The van der Waals surface area contributed by atoms with Crippen LogP contribution in [0.1, 0.15) is 82.2 Å². The molecule has 4 heterocycles. The highest BCUT2D eigenvalue weighted by molar-refractivity contribution is 7.81. The highest BCUT2D eigenvalue weighted by atomic mass is 32.1. The summed E-state index contributed by atoms with van der Waals surface area (Å²) < 4.78 is 47.5. The van der Waals surface area contributed by atoms with Gasteiger partial charge in [-0.15, -0.1) is 0 Å². The first-order valence-corrected chi connectivity index (χ1v) is 20.0. The number of halogens is 3. The van der Waals surface area contributed by atoms with E-state index in [-0.39, 0.29) is 29.0 Å². The Balaban J connectivity index is 1.02. The molecule has 3 aromatic rings. The Hall–Kier alpha value is -6.11. The summed E-state index contributed by atoms with van der Waals surface area (Å²) in [6.45, 7) is 8.91. The van der Waals surface area contributed by atoms with E-state index in [1.54, 1.807) is 49.1 Å². The second-order valence-electron chi connectivity index (χ2n) is 15.5. The number of rotatable bonds is 12. The average Bonchev–Trinajstić information content (AvgIpc) is 3.39. The molecule has 3 N–H and O–H groups in total. The van der Waals surface area contributed by atoms with Crippen LogP contribution in [-0.4, -0.2) is 75.9 Å². The number of nitriles is 2. The Labute approximate surface area is 350 Å². The minimum atomic E-state index is -4.86. The number of nitrogens with zero attached hydrogens (tertiary/aromatic N) is 6. The molecule has 4 amide bonds. The van der Waals surface area contributed by atoms with Gasteiger partial charge in [0.25, 0.3) is 5.91 Å². The zero-order chi connectivity index (χ0) is 43.5. The molecule has 3 saturated heterocycles. The molecule has 0 radical (unpaired) electrons. The van der Waals surface area contributed by atoms with Crippen LogP contribution in [0.25, 0.3) is 0 Å². The van der Waals surface area contributed by atoms with Crippen molar-refractivity contribution >= 4 is 63.7 Å². The zero-order valence-corrected chi connectivity index (χ0v) is 34.3. The predicted molar refractivity (Wildman–Crippen MR) is 220 cm³/mol. The molecule has 314 valence electrons. The quantitative estimate of drug-likeness (QED) is 0.142. The standard InChI is InChI=1S/C42H44F3N9O5S/c1-5-27-18-30(54-40(60)53(39(58)41(54,3)4)31-20-32(42(43,44)45)34(22-47)48-23-31)6-8-35(27)59-15-12-25-10-13-52(14-11-25)24(2)37(56)50-29-17-26(21-46)16-28(19-29)49-33-7-9-36(55)51-38(33)57/h6,8,16-20,23-25,33,49H,5,7,9-15H2,1-4H3,(H,50,56)(H,51,55,57). The van der Waals surface area contributed by atoms with Crippen LogP contribution < -0.4 is 30.5 Å². The van der Waals surface area contributed by atoms with E-state index in [2.05, 4.69) is 31.9 Å². The van der Waals surface area contributed by atoms with Crippen molar-refractivity contribution in [3.05, 3.63) is 71.0 Å². The van der Waals surface area contributed by atoms with E-state index in [9.17, 15) is 42.9 Å². The Morgan fingerprint density at radius 3 is 2.42 bits per heavy atom. The van der Waals surface area contributed by atoms with Gasteiger partial charge in [-0.3, -0.25) is 34.3 Å². The molecule has 14 nitrogen and oxygen atoms in total. The fraction of sp³-hybridized carbons (Fsp3) is 0.429. The summed E-state index contributed by atoms with van der Waals surface area (Å²) in [4.78, 5) is 59.2. The molecule has 1 aromatic heterocycles. The summed E-state index contributed by atoms with van der Waals surface area (Å²) >= 11 is 5.69. The van der Waals surface area contributed by atoms with E-state index in [1.165, 1.54) is 6.07 Å². The molecule has 0 bridgehead atoms. The van der Waals surface area contributed by atoms with Crippen LogP contribution in [0, 0.1) is 28.6 Å². The van der Waals surface area contributed by atoms with Crippen molar-refractivity contribution in [3.63, 3.8) is 0 Å². The summed E-state index contributed by atoms with van der Waals surface area (Å²) in [7, 11) is 0. The number of thiocarbonyl (C=S) groups is 1. The van der Waals surface area contributed by atoms with Gasteiger partial charge in [-0.2, -0.15) is 23.7 Å². The lowest BCUT2D eigenvalue weighted by Crippen LogP contribution is -2.47. The van der Waals surface area contributed by atoms with Crippen molar-refractivity contribution in [1.29, 1.82) is 10.5 Å². The zero-order valence-electron chi connectivity index (χ0n) is 33.5. The third kappa shape index (κ3) is 9.20. The van der Waals surface area contributed by atoms with E-state index in [0.29, 0.717) is 72.9 Å². The topological polar surface area (TPSA) is 184 Å². The van der Waals surface area contributed by atoms with Gasteiger partial charge in [0.05, 0.1) is 41.7 Å². The first kappa shape index (κ1) is 43.5. The maximum absolute atomic E-state index is 13.7. The molecule has 3 aliphatic rings. The van der Waals surface area contributed by atoms with Crippen molar-refractivity contribution in [2.45, 2.75) is 90.0 Å². The second-order valence-corrected chi connectivity index (χ2v) is 15.9. The summed E-state index contributed by atoms with van der Waals surface area (Å²) in [5.74, 6) is -0.524. The fourth-order valence-electron chi connectivity index (χ4n) is 7.72. The van der Waals surface area contributed by atoms with Gasteiger partial charge in [0.2, 0.25) is 17.7 Å². The predicted octanol–water partition coefficient (Wildman–Crippen LogP) is 6.05. The number of anilines is 4. The minimum absolute atomic E-state index is 0.0276. The Morgan fingerprint density at radius 2 is 1.77 bits per heavy atom. The lowest BCUT2D eigenvalue weighted by Gasteiger charge is -2.35. The van der Waals surface area contributed by atoms with Gasteiger partial charge in [0.15, 0.2) is 10.8 Å². The summed E-state index contributed by atoms with van der Waals surface area (Å²) in [6, 6.07) is 13.4. The van der Waals surface area contributed by atoms with Crippen LogP contribution in [-0.2, 0) is 31.8 Å². The Morgan fingerprint density at radius 1 is 1.05 bits per heavy atom. The molecule has 0 saturated carbocycles. The summed E-state index contributed by atoms with van der Waals surface area (Å²) in [6.07, 6.45) is -0.221. The highest BCUT2D eigenvalue weighted by Crippen LogP contribution is 2.40.